The summed E-state index contributed by atoms with van der Waals surface area (Å²) in [5.41, 5.74) is 5.57. The lowest BCUT2D eigenvalue weighted by atomic mass is 10.3. The maximum atomic E-state index is 5.62. The number of rotatable bonds is 4. The van der Waals surface area contributed by atoms with Gasteiger partial charge in [-0.1, -0.05) is 29.5 Å². The maximum Gasteiger partial charge on any atom is 0.214 e. The Balaban J connectivity index is 1.61. The quantitative estimate of drug-likeness (QED) is 0.779. The van der Waals surface area contributed by atoms with Crippen molar-refractivity contribution in [1.29, 1.82) is 0 Å². The van der Waals surface area contributed by atoms with Crippen LogP contribution in [0.4, 0.5) is 5.82 Å². The van der Waals surface area contributed by atoms with E-state index in [9.17, 15) is 0 Å². The molecule has 0 aliphatic heterocycles. The number of aromatic nitrogens is 3. The van der Waals surface area contributed by atoms with Crippen LogP contribution in [0.15, 0.2) is 36.5 Å². The van der Waals surface area contributed by atoms with Gasteiger partial charge in [-0.2, -0.15) is 5.10 Å². The van der Waals surface area contributed by atoms with E-state index < -0.39 is 0 Å². The zero-order valence-corrected chi connectivity index (χ0v) is 10.4. The Labute approximate surface area is 108 Å². The van der Waals surface area contributed by atoms with Gasteiger partial charge in [0.25, 0.3) is 0 Å². The number of anilines is 1. The number of para-hydroxylation sites is 1. The Hall–Kier alpha value is -2.08. The predicted octanol–water partition coefficient (Wildman–Crippen LogP) is 1.99. The number of ether oxygens (including phenoxy) is 1. The highest BCUT2D eigenvalue weighted by Crippen LogP contribution is 2.16. The highest BCUT2D eigenvalue weighted by atomic mass is 32.1. The first-order valence-corrected chi connectivity index (χ1v) is 6.41. The van der Waals surface area contributed by atoms with Crippen molar-refractivity contribution >= 4 is 22.1 Å². The minimum atomic E-state index is 0.501. The van der Waals surface area contributed by atoms with Crippen LogP contribution >= 0.6 is 11.3 Å². The van der Waals surface area contributed by atoms with Crippen LogP contribution in [-0.4, -0.2) is 21.2 Å². The number of hydrogen-bond acceptors (Lipinski definition) is 5. The van der Waals surface area contributed by atoms with E-state index in [1.54, 1.807) is 10.7 Å². The number of hydrogen-bond donors (Lipinski definition) is 1. The van der Waals surface area contributed by atoms with Crippen molar-refractivity contribution in [2.24, 2.45) is 0 Å². The average Bonchev–Trinajstić information content (AvgIpc) is 2.87. The van der Waals surface area contributed by atoms with Crippen LogP contribution in [-0.2, 0) is 6.42 Å². The first-order chi connectivity index (χ1) is 8.81. The lowest BCUT2D eigenvalue weighted by Crippen LogP contribution is -2.01. The van der Waals surface area contributed by atoms with Gasteiger partial charge < -0.3 is 10.5 Å². The van der Waals surface area contributed by atoms with Gasteiger partial charge in [0.15, 0.2) is 0 Å². The summed E-state index contributed by atoms with van der Waals surface area (Å²) < 4.78 is 7.32. The van der Waals surface area contributed by atoms with Gasteiger partial charge in [-0.15, -0.1) is 0 Å². The first-order valence-electron chi connectivity index (χ1n) is 5.60. The molecule has 0 saturated carbocycles. The van der Waals surface area contributed by atoms with E-state index in [4.69, 9.17) is 10.5 Å². The molecule has 0 aliphatic rings. The summed E-state index contributed by atoms with van der Waals surface area (Å²) >= 11 is 1.53. The number of nitrogens with two attached hydrogens (primary N) is 1. The highest BCUT2D eigenvalue weighted by molar-refractivity contribution is 7.16. The van der Waals surface area contributed by atoms with E-state index in [0.717, 1.165) is 22.1 Å². The lowest BCUT2D eigenvalue weighted by Gasteiger charge is -2.03. The van der Waals surface area contributed by atoms with Crippen LogP contribution in [0.3, 0.4) is 0 Å². The third-order valence-corrected chi connectivity index (χ3v) is 3.41. The Morgan fingerprint density at radius 2 is 2.11 bits per heavy atom. The average molecular weight is 260 g/mol. The molecule has 0 fully saturated rings. The van der Waals surface area contributed by atoms with Crippen molar-refractivity contribution in [3.8, 4) is 5.75 Å². The van der Waals surface area contributed by atoms with Crippen LogP contribution in [0, 0.1) is 0 Å². The van der Waals surface area contributed by atoms with Crippen LogP contribution < -0.4 is 10.5 Å². The third-order valence-electron chi connectivity index (χ3n) is 2.43. The molecule has 2 heterocycles. The molecule has 0 atom stereocenters. The van der Waals surface area contributed by atoms with Gasteiger partial charge in [0, 0.05) is 6.42 Å². The highest BCUT2D eigenvalue weighted by Gasteiger charge is 2.06. The van der Waals surface area contributed by atoms with Gasteiger partial charge in [0.2, 0.25) is 4.96 Å². The minimum absolute atomic E-state index is 0.501. The van der Waals surface area contributed by atoms with Gasteiger partial charge in [-0.05, 0) is 12.1 Å². The number of nitrogens with zero attached hydrogens (tertiary/aromatic N) is 3. The van der Waals surface area contributed by atoms with E-state index in [-0.39, 0.29) is 0 Å². The lowest BCUT2D eigenvalue weighted by molar-refractivity contribution is 0.321. The van der Waals surface area contributed by atoms with Crippen molar-refractivity contribution in [3.63, 3.8) is 0 Å². The number of imidazole rings is 1. The van der Waals surface area contributed by atoms with Crippen molar-refractivity contribution < 1.29 is 4.74 Å². The molecule has 5 nitrogen and oxygen atoms in total. The third kappa shape index (κ3) is 2.28. The predicted molar refractivity (Wildman–Crippen MR) is 70.9 cm³/mol. The van der Waals surface area contributed by atoms with Crippen molar-refractivity contribution in [2.75, 3.05) is 12.3 Å². The van der Waals surface area contributed by atoms with Gasteiger partial charge in [0.1, 0.15) is 16.6 Å². The fourth-order valence-corrected chi connectivity index (χ4v) is 2.50. The Morgan fingerprint density at radius 3 is 2.89 bits per heavy atom. The molecule has 0 radical (unpaired) electrons. The van der Waals surface area contributed by atoms with Crippen molar-refractivity contribution in [1.82, 2.24) is 14.6 Å². The van der Waals surface area contributed by atoms with Crippen LogP contribution in [0.25, 0.3) is 4.96 Å². The second kappa shape index (κ2) is 4.66. The topological polar surface area (TPSA) is 65.4 Å². The van der Waals surface area contributed by atoms with E-state index >= 15 is 0 Å². The Bertz CT molecular complexity index is 615. The molecule has 1 aromatic carbocycles. The van der Waals surface area contributed by atoms with E-state index in [0.29, 0.717) is 12.4 Å². The van der Waals surface area contributed by atoms with Gasteiger partial charge in [0.05, 0.1) is 12.8 Å². The Morgan fingerprint density at radius 1 is 1.28 bits per heavy atom. The molecule has 0 saturated heterocycles. The summed E-state index contributed by atoms with van der Waals surface area (Å²) in [5, 5.41) is 5.37. The molecule has 3 rings (SSSR count). The normalized spacial score (nSPS) is 10.9. The number of fused-ring (bicyclic) bond motifs is 1. The van der Waals surface area contributed by atoms with Gasteiger partial charge in [-0.3, -0.25) is 0 Å². The maximum absolute atomic E-state index is 5.62. The molecule has 2 aromatic heterocycles. The van der Waals surface area contributed by atoms with E-state index in [1.807, 2.05) is 30.3 Å². The molecule has 0 unspecified atom stereocenters. The molecule has 0 spiro atoms. The molecule has 0 amide bonds. The molecule has 0 aliphatic carbocycles. The van der Waals surface area contributed by atoms with E-state index in [2.05, 4.69) is 10.1 Å². The summed E-state index contributed by atoms with van der Waals surface area (Å²) in [6.45, 7) is 0.607. The zero-order valence-electron chi connectivity index (χ0n) is 9.61. The SMILES string of the molecule is Nc1cn2nc(CCOc3ccccc3)sc2n1. The zero-order chi connectivity index (χ0) is 12.4. The van der Waals surface area contributed by atoms with Gasteiger partial charge >= 0.3 is 0 Å². The molecule has 18 heavy (non-hydrogen) atoms. The Kier molecular flexibility index (Phi) is 2.85. The summed E-state index contributed by atoms with van der Waals surface area (Å²) in [5.74, 6) is 1.38. The first kappa shape index (κ1) is 11.0. The fraction of sp³-hybridized carbons (Fsp3) is 0.167. The molecule has 92 valence electrons. The standard InChI is InChI=1S/C12H12N4OS/c13-10-8-16-12(14-10)18-11(15-16)6-7-17-9-4-2-1-3-5-9/h1-5,8H,6-7,13H2. The van der Waals surface area contributed by atoms with Crippen molar-refractivity contribution in [2.45, 2.75) is 6.42 Å². The van der Waals surface area contributed by atoms with E-state index in [1.165, 1.54) is 11.3 Å². The second-order valence-corrected chi connectivity index (χ2v) is 4.84. The number of benzene rings is 1. The van der Waals surface area contributed by atoms with Crippen LogP contribution in [0.1, 0.15) is 5.01 Å². The summed E-state index contributed by atoms with van der Waals surface area (Å²) in [6, 6.07) is 9.75. The van der Waals surface area contributed by atoms with Gasteiger partial charge in [-0.25, -0.2) is 9.50 Å². The molecular weight excluding hydrogens is 248 g/mol. The van der Waals surface area contributed by atoms with Crippen molar-refractivity contribution in [3.05, 3.63) is 41.5 Å². The molecule has 0 bridgehead atoms. The molecule has 2 N–H and O–H groups in total. The second-order valence-electron chi connectivity index (χ2n) is 3.80. The summed E-state index contributed by atoms with van der Waals surface area (Å²) in [6.07, 6.45) is 2.48. The summed E-state index contributed by atoms with van der Waals surface area (Å²) in [4.78, 5) is 4.98. The molecule has 3 aromatic rings. The largest absolute Gasteiger partial charge is 0.493 e. The number of nitrogen functional groups attached to an aromatic ring is 1. The molecular formula is C12H12N4OS. The fourth-order valence-electron chi connectivity index (χ4n) is 1.63. The van der Waals surface area contributed by atoms with Crippen LogP contribution in [0.5, 0.6) is 5.75 Å². The van der Waals surface area contributed by atoms with Crippen LogP contribution in [0.2, 0.25) is 0 Å². The summed E-state index contributed by atoms with van der Waals surface area (Å²) in [7, 11) is 0. The monoisotopic (exact) mass is 260 g/mol. The molecule has 6 heteroatoms. The smallest absolute Gasteiger partial charge is 0.214 e. The minimum Gasteiger partial charge on any atom is -0.493 e.